The number of pyridine rings is 1. The molecule has 7 heteroatoms. The highest BCUT2D eigenvalue weighted by Crippen LogP contribution is 2.29. The number of ether oxygens (including phenoxy) is 1. The number of hydrogen-bond acceptors (Lipinski definition) is 4. The number of hydrogen-bond donors (Lipinski definition) is 1. The molecule has 134 valence electrons. The molecule has 0 fully saturated rings. The Morgan fingerprint density at radius 1 is 1.04 bits per heavy atom. The molecule has 1 amide bonds. The molecule has 27 heavy (non-hydrogen) atoms. The number of carbonyl (C=O) groups is 1. The number of fused-ring (bicyclic) bond motifs is 1. The Morgan fingerprint density at radius 2 is 1.81 bits per heavy atom. The normalized spacial score (nSPS) is 10.7. The molecule has 1 N–H and O–H groups in total. The van der Waals surface area contributed by atoms with E-state index in [0.29, 0.717) is 33.4 Å². The van der Waals surface area contributed by atoms with Crippen LogP contribution in [0.15, 0.2) is 66.9 Å². The zero-order valence-corrected chi connectivity index (χ0v) is 15.1. The van der Waals surface area contributed by atoms with Crippen LogP contribution >= 0.6 is 11.6 Å². The quantitative estimate of drug-likeness (QED) is 0.557. The van der Waals surface area contributed by atoms with Crippen LogP contribution in [-0.2, 0) is 0 Å². The van der Waals surface area contributed by atoms with Gasteiger partial charge in [-0.3, -0.25) is 9.20 Å². The molecule has 2 aromatic carbocycles. The molecule has 4 rings (SSSR count). The minimum atomic E-state index is -0.218. The molecule has 2 heterocycles. The molecule has 0 aliphatic rings. The Labute approximate surface area is 160 Å². The van der Waals surface area contributed by atoms with E-state index < -0.39 is 0 Å². The molecule has 0 atom stereocenters. The first-order valence-corrected chi connectivity index (χ1v) is 8.63. The first kappa shape index (κ1) is 17.1. The second-order valence-corrected chi connectivity index (χ2v) is 6.31. The maximum Gasteiger partial charge on any atom is 0.257 e. The van der Waals surface area contributed by atoms with E-state index >= 15 is 0 Å². The van der Waals surface area contributed by atoms with E-state index in [4.69, 9.17) is 16.3 Å². The molecule has 0 saturated heterocycles. The van der Waals surface area contributed by atoms with Crippen LogP contribution in [0.3, 0.4) is 0 Å². The predicted octanol–water partition coefficient (Wildman–Crippen LogP) is 4.74. The van der Waals surface area contributed by atoms with E-state index in [2.05, 4.69) is 15.5 Å². The van der Waals surface area contributed by atoms with Crippen molar-refractivity contribution in [2.75, 3.05) is 5.32 Å². The second-order valence-electron chi connectivity index (χ2n) is 5.90. The molecule has 0 unspecified atom stereocenters. The highest BCUT2D eigenvalue weighted by atomic mass is 35.5. The van der Waals surface area contributed by atoms with E-state index in [1.54, 1.807) is 59.1 Å². The summed E-state index contributed by atoms with van der Waals surface area (Å²) < 4.78 is 7.52. The first-order chi connectivity index (χ1) is 13.1. The summed E-state index contributed by atoms with van der Waals surface area (Å²) >= 11 is 6.09. The number of amides is 1. The zero-order chi connectivity index (χ0) is 18.8. The van der Waals surface area contributed by atoms with Gasteiger partial charge in [0, 0.05) is 11.9 Å². The zero-order valence-electron chi connectivity index (χ0n) is 14.4. The van der Waals surface area contributed by atoms with Crippen molar-refractivity contribution in [3.8, 4) is 11.5 Å². The van der Waals surface area contributed by atoms with Crippen molar-refractivity contribution >= 4 is 28.8 Å². The number of benzene rings is 2. The van der Waals surface area contributed by atoms with E-state index in [9.17, 15) is 4.79 Å². The highest BCUT2D eigenvalue weighted by Gasteiger charge is 2.10. The number of para-hydroxylation sites is 1. The molecule has 0 bridgehead atoms. The number of aromatic nitrogens is 3. The van der Waals surface area contributed by atoms with Crippen LogP contribution in [-0.4, -0.2) is 20.5 Å². The van der Waals surface area contributed by atoms with Gasteiger partial charge in [0.15, 0.2) is 5.65 Å². The lowest BCUT2D eigenvalue weighted by atomic mass is 10.2. The molecular weight excluding hydrogens is 364 g/mol. The van der Waals surface area contributed by atoms with E-state index in [0.717, 1.165) is 5.82 Å². The van der Waals surface area contributed by atoms with Crippen LogP contribution in [0.4, 0.5) is 5.69 Å². The molecule has 0 spiro atoms. The number of aryl methyl sites for hydroxylation is 1. The van der Waals surface area contributed by atoms with Gasteiger partial charge >= 0.3 is 0 Å². The topological polar surface area (TPSA) is 68.5 Å². The summed E-state index contributed by atoms with van der Waals surface area (Å²) in [5, 5.41) is 11.4. The van der Waals surface area contributed by atoms with Gasteiger partial charge in [-0.2, -0.15) is 0 Å². The minimum Gasteiger partial charge on any atom is -0.456 e. The van der Waals surface area contributed by atoms with Gasteiger partial charge in [0.05, 0.1) is 10.6 Å². The van der Waals surface area contributed by atoms with Crippen LogP contribution in [0.5, 0.6) is 11.5 Å². The Kier molecular flexibility index (Phi) is 4.48. The lowest BCUT2D eigenvalue weighted by Crippen LogP contribution is -2.12. The lowest BCUT2D eigenvalue weighted by Gasteiger charge is -2.09. The van der Waals surface area contributed by atoms with Crippen molar-refractivity contribution < 1.29 is 9.53 Å². The van der Waals surface area contributed by atoms with Crippen molar-refractivity contribution in [2.24, 2.45) is 0 Å². The molecule has 0 saturated carbocycles. The molecule has 4 aromatic rings. The Hall–Kier alpha value is -3.38. The Bertz CT molecular complexity index is 1120. The van der Waals surface area contributed by atoms with E-state index in [-0.39, 0.29) is 5.91 Å². The predicted molar refractivity (Wildman–Crippen MR) is 104 cm³/mol. The van der Waals surface area contributed by atoms with Crippen LogP contribution in [0.2, 0.25) is 5.02 Å². The summed E-state index contributed by atoms with van der Waals surface area (Å²) in [7, 11) is 0. The molecule has 0 radical (unpaired) electrons. The monoisotopic (exact) mass is 378 g/mol. The maximum atomic E-state index is 12.5. The third-order valence-electron chi connectivity index (χ3n) is 4.01. The van der Waals surface area contributed by atoms with Crippen LogP contribution in [0, 0.1) is 6.92 Å². The van der Waals surface area contributed by atoms with Gasteiger partial charge in [-0.25, -0.2) is 0 Å². The van der Waals surface area contributed by atoms with Crippen molar-refractivity contribution in [3.05, 3.63) is 83.3 Å². The van der Waals surface area contributed by atoms with Gasteiger partial charge < -0.3 is 10.1 Å². The van der Waals surface area contributed by atoms with Crippen molar-refractivity contribution in [3.63, 3.8) is 0 Å². The Morgan fingerprint density at radius 3 is 2.59 bits per heavy atom. The number of carbonyl (C=O) groups excluding carboxylic acids is 1. The fourth-order valence-corrected chi connectivity index (χ4v) is 2.78. The van der Waals surface area contributed by atoms with Gasteiger partial charge in [0.1, 0.15) is 17.3 Å². The average molecular weight is 379 g/mol. The van der Waals surface area contributed by atoms with Gasteiger partial charge in [-0.1, -0.05) is 23.7 Å². The van der Waals surface area contributed by atoms with Crippen LogP contribution < -0.4 is 10.1 Å². The van der Waals surface area contributed by atoms with Crippen molar-refractivity contribution in [1.82, 2.24) is 14.6 Å². The standard InChI is InChI=1S/C20H15ClN4O2/c1-13-23-24-19-11-6-14(12-25(13)19)20(26)22-15-7-9-16(10-8-15)27-18-5-3-2-4-17(18)21/h2-12H,1H3,(H,22,26). The summed E-state index contributed by atoms with van der Waals surface area (Å²) in [5.74, 6) is 1.71. The summed E-state index contributed by atoms with van der Waals surface area (Å²) in [5.41, 5.74) is 1.87. The Balaban J connectivity index is 1.48. The molecular formula is C20H15ClN4O2. The molecule has 6 nitrogen and oxygen atoms in total. The first-order valence-electron chi connectivity index (χ1n) is 8.25. The van der Waals surface area contributed by atoms with E-state index in [1.165, 1.54) is 0 Å². The van der Waals surface area contributed by atoms with Gasteiger partial charge in [-0.15, -0.1) is 10.2 Å². The van der Waals surface area contributed by atoms with Crippen LogP contribution in [0.1, 0.15) is 16.2 Å². The molecule has 0 aliphatic heterocycles. The number of anilines is 1. The largest absolute Gasteiger partial charge is 0.456 e. The molecule has 2 aromatic heterocycles. The smallest absolute Gasteiger partial charge is 0.257 e. The van der Waals surface area contributed by atoms with Gasteiger partial charge in [0.2, 0.25) is 0 Å². The summed E-state index contributed by atoms with van der Waals surface area (Å²) in [6.07, 6.45) is 1.72. The fourth-order valence-electron chi connectivity index (χ4n) is 2.60. The second kappa shape index (κ2) is 7.09. The number of nitrogens with zero attached hydrogens (tertiary/aromatic N) is 3. The number of rotatable bonds is 4. The van der Waals surface area contributed by atoms with Crippen molar-refractivity contribution in [1.29, 1.82) is 0 Å². The lowest BCUT2D eigenvalue weighted by molar-refractivity contribution is 0.102. The summed E-state index contributed by atoms with van der Waals surface area (Å²) in [6.45, 7) is 1.83. The summed E-state index contributed by atoms with van der Waals surface area (Å²) in [4.78, 5) is 12.5. The SMILES string of the molecule is Cc1nnc2ccc(C(=O)Nc3ccc(Oc4ccccc4Cl)cc3)cn12. The fraction of sp³-hybridized carbons (Fsp3) is 0.0500. The van der Waals surface area contributed by atoms with E-state index in [1.807, 2.05) is 19.1 Å². The van der Waals surface area contributed by atoms with Crippen molar-refractivity contribution in [2.45, 2.75) is 6.92 Å². The van der Waals surface area contributed by atoms with Crippen LogP contribution in [0.25, 0.3) is 5.65 Å². The summed E-state index contributed by atoms with van der Waals surface area (Å²) in [6, 6.07) is 17.8. The molecule has 0 aliphatic carbocycles. The average Bonchev–Trinajstić information content (AvgIpc) is 3.05. The minimum absolute atomic E-state index is 0.218. The number of halogens is 1. The number of nitrogens with one attached hydrogen (secondary N) is 1. The third-order valence-corrected chi connectivity index (χ3v) is 4.32. The van der Waals surface area contributed by atoms with Gasteiger partial charge in [-0.05, 0) is 55.5 Å². The third kappa shape index (κ3) is 3.61. The highest BCUT2D eigenvalue weighted by molar-refractivity contribution is 6.32. The van der Waals surface area contributed by atoms with Gasteiger partial charge in [0.25, 0.3) is 5.91 Å². The maximum absolute atomic E-state index is 12.5.